The smallest absolute Gasteiger partial charge is 0.306 e. The highest BCUT2D eigenvalue weighted by molar-refractivity contribution is 5.71. The van der Waals surface area contributed by atoms with Crippen LogP contribution in [-0.4, -0.2) is 37.2 Å². The van der Waals surface area contributed by atoms with Gasteiger partial charge in [-0.15, -0.1) is 0 Å². The van der Waals surface area contributed by atoms with Crippen LogP contribution in [0.15, 0.2) is 109 Å². The maximum absolute atomic E-state index is 12.9. The van der Waals surface area contributed by atoms with Gasteiger partial charge in [0.1, 0.15) is 13.2 Å². The van der Waals surface area contributed by atoms with E-state index in [0.717, 1.165) is 122 Å². The highest BCUT2D eigenvalue weighted by atomic mass is 16.6. The summed E-state index contributed by atoms with van der Waals surface area (Å²) < 4.78 is 16.9. The molecule has 0 amide bonds. The molecule has 0 aromatic rings. The number of rotatable bonds is 57. The number of hydrogen-bond donors (Lipinski definition) is 0. The van der Waals surface area contributed by atoms with E-state index >= 15 is 0 Å². The molecule has 0 aliphatic carbocycles. The molecule has 0 rings (SSSR count). The van der Waals surface area contributed by atoms with Crippen LogP contribution >= 0.6 is 0 Å². The molecule has 0 fully saturated rings. The molecule has 0 radical (unpaired) electrons. The summed E-state index contributed by atoms with van der Waals surface area (Å²) in [5.41, 5.74) is 0. The van der Waals surface area contributed by atoms with Crippen molar-refractivity contribution in [2.45, 2.75) is 303 Å². The summed E-state index contributed by atoms with van der Waals surface area (Å²) >= 11 is 0. The Hall–Kier alpha value is -3.93. The zero-order valence-corrected chi connectivity index (χ0v) is 49.7. The fourth-order valence-electron chi connectivity index (χ4n) is 8.73. The van der Waals surface area contributed by atoms with Gasteiger partial charge in [0.05, 0.1) is 0 Å². The van der Waals surface area contributed by atoms with E-state index < -0.39 is 6.10 Å². The van der Waals surface area contributed by atoms with Crippen molar-refractivity contribution >= 4 is 17.9 Å². The average molecular weight is 1060 g/mol. The van der Waals surface area contributed by atoms with Gasteiger partial charge in [-0.3, -0.25) is 14.4 Å². The van der Waals surface area contributed by atoms with Gasteiger partial charge in [0, 0.05) is 19.3 Å². The highest BCUT2D eigenvalue weighted by Crippen LogP contribution is 2.16. The first-order valence-corrected chi connectivity index (χ1v) is 31.9. The second-order valence-electron chi connectivity index (χ2n) is 20.9. The fraction of sp³-hybridized carbons (Fsp3) is 0.700. The Labute approximate surface area is 470 Å². The van der Waals surface area contributed by atoms with E-state index in [1.807, 2.05) is 0 Å². The summed E-state index contributed by atoms with van der Waals surface area (Å²) in [6, 6.07) is 0. The zero-order valence-electron chi connectivity index (χ0n) is 49.7. The minimum Gasteiger partial charge on any atom is -0.462 e. The molecule has 6 heteroatoms. The van der Waals surface area contributed by atoms with Gasteiger partial charge in [-0.25, -0.2) is 0 Å². The van der Waals surface area contributed by atoms with Gasteiger partial charge in [0.2, 0.25) is 0 Å². The molecule has 0 aromatic heterocycles. The third-order valence-electron chi connectivity index (χ3n) is 13.5. The molecule has 0 aliphatic rings. The van der Waals surface area contributed by atoms with Crippen LogP contribution in [0.25, 0.3) is 0 Å². The fourth-order valence-corrected chi connectivity index (χ4v) is 8.73. The van der Waals surface area contributed by atoms with Crippen LogP contribution in [0.2, 0.25) is 0 Å². The van der Waals surface area contributed by atoms with Gasteiger partial charge < -0.3 is 14.2 Å². The zero-order chi connectivity index (χ0) is 55.0. The number of carbonyl (C=O) groups is 3. The van der Waals surface area contributed by atoms with Crippen molar-refractivity contribution in [2.24, 2.45) is 0 Å². The molecule has 0 heterocycles. The number of ether oxygens (including phenoxy) is 3. The first-order valence-electron chi connectivity index (χ1n) is 31.9. The Morgan fingerprint density at radius 3 is 0.882 bits per heavy atom. The van der Waals surface area contributed by atoms with Gasteiger partial charge in [-0.2, -0.15) is 0 Å². The summed E-state index contributed by atoms with van der Waals surface area (Å²) in [5.74, 6) is -0.942. The molecule has 0 aliphatic heterocycles. The maximum atomic E-state index is 12.9. The molecule has 0 spiro atoms. The van der Waals surface area contributed by atoms with Crippen molar-refractivity contribution in [3.8, 4) is 0 Å². The molecule has 0 saturated carbocycles. The maximum Gasteiger partial charge on any atom is 0.306 e. The molecule has 1 atom stereocenters. The van der Waals surface area contributed by atoms with Crippen LogP contribution in [0.3, 0.4) is 0 Å². The predicted molar refractivity (Wildman–Crippen MR) is 330 cm³/mol. The SMILES string of the molecule is CC/C=C\C/C=C\C/C=C\C/C=C\C/C=C\C/C=C\C/C=C\C/C=C\CCCCC(=O)OCC(COC(=O)CCCCCCC/C=C\CCCC)OC(=O)CCCCCCCCCCCCCCCCCCCCCC. The Balaban J connectivity index is 4.37. The van der Waals surface area contributed by atoms with E-state index in [0.29, 0.717) is 19.3 Å². The average Bonchev–Trinajstić information content (AvgIpc) is 3.42. The van der Waals surface area contributed by atoms with Gasteiger partial charge in [-0.1, -0.05) is 284 Å². The van der Waals surface area contributed by atoms with Gasteiger partial charge in [-0.05, 0) is 103 Å². The van der Waals surface area contributed by atoms with E-state index in [2.05, 4.69) is 130 Å². The number of allylic oxidation sites excluding steroid dienone is 18. The molecule has 0 N–H and O–H groups in total. The second kappa shape index (κ2) is 63.6. The standard InChI is InChI=1S/C70H118O6/c1-4-7-10-13-16-19-22-24-26-28-30-32-33-34-35-36-37-38-40-41-43-45-48-51-54-57-60-63-69(72)75-66-67(65-74-68(71)62-59-56-53-50-47-21-18-15-12-9-6-3)76-70(73)64-61-58-55-52-49-46-44-42-39-31-29-27-25-23-20-17-14-11-8-5-2/h7,10,15-16,18-19,24,26,30,32,34-35,37-38,41,43,48,51,67H,4-6,8-9,11-14,17,20-23,25,27-29,31,33,36,39-40,42,44-47,49-50,52-66H2,1-3H3/b10-7-,18-15-,19-16-,26-24-,32-30-,35-34-,38-37-,43-41-,51-48-. The van der Waals surface area contributed by atoms with Crippen molar-refractivity contribution in [3.63, 3.8) is 0 Å². The first-order chi connectivity index (χ1) is 37.5. The molecule has 1 unspecified atom stereocenters. The summed E-state index contributed by atoms with van der Waals surface area (Å²) in [4.78, 5) is 38.2. The number of esters is 3. The minimum atomic E-state index is -0.800. The normalized spacial score (nSPS) is 12.8. The lowest BCUT2D eigenvalue weighted by Gasteiger charge is -2.18. The Morgan fingerprint density at radius 2 is 0.526 bits per heavy atom. The summed E-state index contributed by atoms with van der Waals surface area (Å²) in [5, 5.41) is 0. The summed E-state index contributed by atoms with van der Waals surface area (Å²) in [7, 11) is 0. The van der Waals surface area contributed by atoms with Crippen molar-refractivity contribution in [1.29, 1.82) is 0 Å². The molecule has 434 valence electrons. The lowest BCUT2D eigenvalue weighted by molar-refractivity contribution is -0.167. The lowest BCUT2D eigenvalue weighted by atomic mass is 10.0. The first kappa shape index (κ1) is 72.1. The van der Waals surface area contributed by atoms with Crippen molar-refractivity contribution < 1.29 is 28.6 Å². The molecule has 0 bridgehead atoms. The van der Waals surface area contributed by atoms with E-state index in [1.165, 1.54) is 135 Å². The van der Waals surface area contributed by atoms with Gasteiger partial charge in [0.25, 0.3) is 0 Å². The van der Waals surface area contributed by atoms with E-state index in [1.54, 1.807) is 0 Å². The van der Waals surface area contributed by atoms with E-state index in [-0.39, 0.29) is 31.1 Å². The monoisotopic (exact) mass is 1050 g/mol. The quantitative estimate of drug-likeness (QED) is 0.0261. The van der Waals surface area contributed by atoms with Gasteiger partial charge >= 0.3 is 17.9 Å². The summed E-state index contributed by atoms with van der Waals surface area (Å²) in [6.07, 6.45) is 86.7. The van der Waals surface area contributed by atoms with Crippen molar-refractivity contribution in [2.75, 3.05) is 13.2 Å². The third kappa shape index (κ3) is 60.9. The molecule has 6 nitrogen and oxygen atoms in total. The Bertz CT molecular complexity index is 1540. The van der Waals surface area contributed by atoms with E-state index in [4.69, 9.17) is 14.2 Å². The van der Waals surface area contributed by atoms with Crippen molar-refractivity contribution in [3.05, 3.63) is 109 Å². The Morgan fingerprint density at radius 1 is 0.276 bits per heavy atom. The largest absolute Gasteiger partial charge is 0.462 e. The van der Waals surface area contributed by atoms with E-state index in [9.17, 15) is 14.4 Å². The van der Waals surface area contributed by atoms with Crippen molar-refractivity contribution in [1.82, 2.24) is 0 Å². The van der Waals surface area contributed by atoms with Crippen LogP contribution in [-0.2, 0) is 28.6 Å². The van der Waals surface area contributed by atoms with Crippen LogP contribution < -0.4 is 0 Å². The molecular weight excluding hydrogens is 937 g/mol. The van der Waals surface area contributed by atoms with Crippen LogP contribution in [0.5, 0.6) is 0 Å². The van der Waals surface area contributed by atoms with Crippen LogP contribution in [0.1, 0.15) is 297 Å². The molecule has 76 heavy (non-hydrogen) atoms. The third-order valence-corrected chi connectivity index (χ3v) is 13.5. The Kier molecular flexibility index (Phi) is 60.3. The highest BCUT2D eigenvalue weighted by Gasteiger charge is 2.19. The number of unbranched alkanes of at least 4 members (excludes halogenated alkanes) is 28. The molecular formula is C70H118O6. The van der Waals surface area contributed by atoms with Crippen LogP contribution in [0.4, 0.5) is 0 Å². The van der Waals surface area contributed by atoms with Gasteiger partial charge in [0.15, 0.2) is 6.10 Å². The van der Waals surface area contributed by atoms with Crippen LogP contribution in [0, 0.1) is 0 Å². The number of carbonyl (C=O) groups excluding carboxylic acids is 3. The lowest BCUT2D eigenvalue weighted by Crippen LogP contribution is -2.30. The number of hydrogen-bond acceptors (Lipinski definition) is 6. The minimum absolute atomic E-state index is 0.0951. The predicted octanol–water partition coefficient (Wildman–Crippen LogP) is 21.8. The topological polar surface area (TPSA) is 78.9 Å². The second-order valence-corrected chi connectivity index (χ2v) is 20.9. The summed E-state index contributed by atoms with van der Waals surface area (Å²) in [6.45, 7) is 6.47. The molecule has 0 aromatic carbocycles. The molecule has 0 saturated heterocycles.